The Balaban J connectivity index is 1.79. The second-order valence-corrected chi connectivity index (χ2v) is 15.7. The molecule has 53 heavy (non-hydrogen) atoms. The van der Waals surface area contributed by atoms with Gasteiger partial charge in [0.25, 0.3) is 5.91 Å². The third kappa shape index (κ3) is 14.5. The van der Waals surface area contributed by atoms with E-state index >= 15 is 0 Å². The summed E-state index contributed by atoms with van der Waals surface area (Å²) in [7, 11) is 3.66. The Bertz CT molecular complexity index is 1460. The van der Waals surface area contributed by atoms with E-state index < -0.39 is 42.0 Å². The number of likely N-dealkylation sites (N-methyl/N-ethyl adjacent to an activating group) is 1. The first-order valence-electron chi connectivity index (χ1n) is 19.2. The number of hydrogen-bond donors (Lipinski definition) is 4. The van der Waals surface area contributed by atoms with Crippen molar-refractivity contribution in [1.29, 1.82) is 0 Å². The monoisotopic (exact) mass is 755 g/mol. The van der Waals surface area contributed by atoms with Crippen LogP contribution in [0.1, 0.15) is 125 Å². The van der Waals surface area contributed by atoms with E-state index in [1.807, 2.05) is 51.2 Å². The molecule has 0 spiro atoms. The van der Waals surface area contributed by atoms with Crippen LogP contribution in [0.3, 0.4) is 0 Å². The topological polar surface area (TPSA) is 167 Å². The number of benzene rings is 1. The molecule has 0 saturated heterocycles. The Kier molecular flexibility index (Phi) is 18.4. The van der Waals surface area contributed by atoms with Gasteiger partial charge in [-0.05, 0) is 69.5 Å². The number of unbranched alkanes of at least 4 members (excludes halogenated alkanes) is 2. The van der Waals surface area contributed by atoms with Crippen molar-refractivity contribution in [3.8, 4) is 0 Å². The van der Waals surface area contributed by atoms with Crippen molar-refractivity contribution < 1.29 is 33.8 Å². The molecule has 3 amide bonds. The highest BCUT2D eigenvalue weighted by Gasteiger charge is 2.37. The normalized spacial score (nSPS) is 16.2. The lowest BCUT2D eigenvalue weighted by Gasteiger charge is -2.38. The minimum Gasteiger partial charge on any atom is -0.481 e. The molecule has 1 aliphatic rings. The van der Waals surface area contributed by atoms with Crippen LogP contribution in [-0.2, 0) is 30.3 Å². The maximum Gasteiger partial charge on any atom is 0.306 e. The van der Waals surface area contributed by atoms with Crippen LogP contribution < -0.4 is 16.0 Å². The smallest absolute Gasteiger partial charge is 0.306 e. The van der Waals surface area contributed by atoms with Gasteiger partial charge >= 0.3 is 11.9 Å². The van der Waals surface area contributed by atoms with E-state index in [1.165, 1.54) is 18.3 Å². The summed E-state index contributed by atoms with van der Waals surface area (Å²) in [6, 6.07) is 8.09. The van der Waals surface area contributed by atoms with Crippen LogP contribution >= 0.6 is 11.3 Å². The Hall–Kier alpha value is -3.84. The Morgan fingerprint density at radius 1 is 0.981 bits per heavy atom. The van der Waals surface area contributed by atoms with Gasteiger partial charge in [-0.3, -0.25) is 24.0 Å². The molecule has 2 aromatic rings. The molecule has 4 N–H and O–H groups in total. The molecule has 1 aliphatic carbocycles. The highest BCUT2D eigenvalue weighted by atomic mass is 32.1. The predicted octanol–water partition coefficient (Wildman–Crippen LogP) is 5.92. The molecule has 0 bridgehead atoms. The first-order chi connectivity index (χ1) is 25.3. The quantitative estimate of drug-likeness (QED) is 0.0843. The summed E-state index contributed by atoms with van der Waals surface area (Å²) in [4.78, 5) is 71.3. The van der Waals surface area contributed by atoms with Crippen molar-refractivity contribution in [2.45, 2.75) is 129 Å². The summed E-state index contributed by atoms with van der Waals surface area (Å²) in [6.07, 6.45) is 8.07. The number of hydrogen-bond acceptors (Lipinski definition) is 9. The summed E-state index contributed by atoms with van der Waals surface area (Å²) in [5, 5.41) is 20.8. The second kappa shape index (κ2) is 22.4. The number of thiazole rings is 1. The molecule has 1 aromatic heterocycles. The highest BCUT2D eigenvalue weighted by molar-refractivity contribution is 7.09. The van der Waals surface area contributed by atoms with Gasteiger partial charge in [0.2, 0.25) is 11.8 Å². The maximum atomic E-state index is 14.3. The van der Waals surface area contributed by atoms with Crippen molar-refractivity contribution in [2.75, 3.05) is 20.6 Å². The van der Waals surface area contributed by atoms with Gasteiger partial charge in [0.1, 0.15) is 16.7 Å². The van der Waals surface area contributed by atoms with Crippen LogP contribution in [0, 0.1) is 17.8 Å². The van der Waals surface area contributed by atoms with Gasteiger partial charge in [-0.2, -0.15) is 0 Å². The molecular weight excluding hydrogens is 695 g/mol. The number of ether oxygens (including phenoxy) is 1. The summed E-state index contributed by atoms with van der Waals surface area (Å²) < 4.78 is 5.79. The average Bonchev–Trinajstić information content (AvgIpc) is 3.63. The molecule has 1 heterocycles. The van der Waals surface area contributed by atoms with Crippen molar-refractivity contribution in [2.24, 2.45) is 17.8 Å². The van der Waals surface area contributed by atoms with Gasteiger partial charge < -0.3 is 30.7 Å². The molecule has 1 aromatic carbocycles. The standard InChI is InChI=1S/C40H61N5O7S/c1-26(2)33(45(6)39(49)36(30-18-12-8-13-19-30)44-35(47)20-14-9-15-21-41-5)24-34(52-28(4)46)38-43-32(25-53-38)37(48)42-31(22-27(3)40(50)51)23-29-16-10-7-11-17-29/h7,10-11,16-17,25-27,30-31,33-34,36,41H,8-9,12-15,18-24H2,1-6H3,(H,42,48)(H,44,47)(H,50,51)/t27-,31+,33+,34+,36-/m0/s1. The lowest BCUT2D eigenvalue weighted by molar-refractivity contribution is -0.149. The lowest BCUT2D eigenvalue weighted by Crippen LogP contribution is -2.55. The van der Waals surface area contributed by atoms with Crippen LogP contribution in [0.4, 0.5) is 0 Å². The fourth-order valence-electron chi connectivity index (χ4n) is 7.16. The number of carboxylic acid groups (broad SMARTS) is 1. The fourth-order valence-corrected chi connectivity index (χ4v) is 8.00. The largest absolute Gasteiger partial charge is 0.481 e. The maximum absolute atomic E-state index is 14.3. The molecule has 12 nitrogen and oxygen atoms in total. The SMILES string of the molecule is CNCCCCCC(=O)N[C@H](C(=O)N(C)[C@H](C[C@@H](OC(C)=O)c1nc(C(=O)N[C@@H](Cc2ccccc2)C[C@H](C)C(=O)O)cs1)C(C)C)C1CCCCC1. The van der Waals surface area contributed by atoms with Gasteiger partial charge in [-0.15, -0.1) is 11.3 Å². The number of carboxylic acids is 1. The summed E-state index contributed by atoms with van der Waals surface area (Å²) in [6.45, 7) is 7.84. The fraction of sp³-hybridized carbons (Fsp3) is 0.650. The zero-order valence-electron chi connectivity index (χ0n) is 32.4. The third-order valence-corrected chi connectivity index (χ3v) is 11.1. The van der Waals surface area contributed by atoms with Crippen molar-refractivity contribution >= 4 is 41.0 Å². The molecular formula is C40H61N5O7S. The number of rotatable bonds is 22. The van der Waals surface area contributed by atoms with Crippen molar-refractivity contribution in [1.82, 2.24) is 25.8 Å². The number of nitrogens with one attached hydrogen (secondary N) is 3. The van der Waals surface area contributed by atoms with Gasteiger partial charge in [0.15, 0.2) is 6.10 Å². The third-order valence-electron chi connectivity index (χ3n) is 10.2. The van der Waals surface area contributed by atoms with Gasteiger partial charge in [-0.1, -0.05) is 76.8 Å². The van der Waals surface area contributed by atoms with Gasteiger partial charge in [0.05, 0.1) is 5.92 Å². The van der Waals surface area contributed by atoms with Gasteiger partial charge in [-0.25, -0.2) is 4.98 Å². The van der Waals surface area contributed by atoms with E-state index in [0.717, 1.165) is 63.5 Å². The molecule has 294 valence electrons. The summed E-state index contributed by atoms with van der Waals surface area (Å²) >= 11 is 1.19. The van der Waals surface area contributed by atoms with E-state index in [1.54, 1.807) is 24.3 Å². The van der Waals surface area contributed by atoms with Crippen LogP contribution in [0.25, 0.3) is 0 Å². The van der Waals surface area contributed by atoms with Crippen LogP contribution in [0.2, 0.25) is 0 Å². The first kappa shape index (κ1) is 43.6. The Labute approximate surface area is 319 Å². The van der Waals surface area contributed by atoms with Crippen molar-refractivity contribution in [3.63, 3.8) is 0 Å². The number of aromatic nitrogens is 1. The van der Waals surface area contributed by atoms with E-state index in [2.05, 4.69) is 20.9 Å². The minimum atomic E-state index is -0.941. The van der Waals surface area contributed by atoms with E-state index in [4.69, 9.17) is 4.74 Å². The molecule has 0 unspecified atom stereocenters. The number of carbonyl (C=O) groups excluding carboxylic acids is 4. The average molecular weight is 756 g/mol. The van der Waals surface area contributed by atoms with Crippen LogP contribution in [-0.4, -0.2) is 83.4 Å². The van der Waals surface area contributed by atoms with E-state index in [-0.39, 0.29) is 48.2 Å². The van der Waals surface area contributed by atoms with Crippen molar-refractivity contribution in [3.05, 3.63) is 52.0 Å². The molecule has 1 fully saturated rings. The highest BCUT2D eigenvalue weighted by Crippen LogP contribution is 2.32. The Morgan fingerprint density at radius 3 is 2.30 bits per heavy atom. The molecule has 0 aliphatic heterocycles. The lowest BCUT2D eigenvalue weighted by atomic mass is 9.82. The second-order valence-electron chi connectivity index (χ2n) is 14.9. The Morgan fingerprint density at radius 2 is 1.68 bits per heavy atom. The number of esters is 1. The minimum absolute atomic E-state index is 0.0328. The van der Waals surface area contributed by atoms with E-state index in [9.17, 15) is 29.1 Å². The number of amides is 3. The summed E-state index contributed by atoms with van der Waals surface area (Å²) in [5.41, 5.74) is 1.10. The zero-order chi connectivity index (χ0) is 38.9. The van der Waals surface area contributed by atoms with Crippen LogP contribution in [0.15, 0.2) is 35.7 Å². The molecule has 3 rings (SSSR count). The molecule has 13 heteroatoms. The van der Waals surface area contributed by atoms with E-state index in [0.29, 0.717) is 17.8 Å². The molecule has 1 saturated carbocycles. The van der Waals surface area contributed by atoms with Crippen LogP contribution in [0.5, 0.6) is 0 Å². The zero-order valence-corrected chi connectivity index (χ0v) is 33.2. The van der Waals surface area contributed by atoms with Gasteiger partial charge in [0, 0.05) is 44.3 Å². The predicted molar refractivity (Wildman–Crippen MR) is 206 cm³/mol. The molecule has 0 radical (unpaired) electrons. The number of carbonyl (C=O) groups is 5. The molecule has 5 atom stereocenters. The number of nitrogens with zero attached hydrogens (tertiary/aromatic N) is 2. The summed E-state index contributed by atoms with van der Waals surface area (Å²) in [5.74, 6) is -2.82. The first-order valence-corrected chi connectivity index (χ1v) is 20.1. The number of aliphatic carboxylic acids is 1.